The second-order valence-corrected chi connectivity index (χ2v) is 9.26. The Labute approximate surface area is 197 Å². The van der Waals surface area contributed by atoms with E-state index in [-0.39, 0.29) is 39.6 Å². The number of aliphatic imine (C=N–C) groups is 1. The number of hydrogen-bond donors (Lipinski definition) is 1. The highest BCUT2D eigenvalue weighted by Gasteiger charge is 2.32. The summed E-state index contributed by atoms with van der Waals surface area (Å²) in [6, 6.07) is 2.33. The SMILES string of the molecule is CCC1CC(c2ccc(Cl)c(OC)c2F)=NC(C(=O)OCc2cnc(Cl)s2)=C(Cl)C1N. The summed E-state index contributed by atoms with van der Waals surface area (Å²) in [6.07, 6.45) is 2.45. The van der Waals surface area contributed by atoms with E-state index in [9.17, 15) is 4.79 Å². The van der Waals surface area contributed by atoms with Gasteiger partial charge in [0, 0.05) is 17.8 Å². The van der Waals surface area contributed by atoms with Crippen molar-refractivity contribution in [3.63, 3.8) is 0 Å². The van der Waals surface area contributed by atoms with Crippen LogP contribution in [0.15, 0.2) is 34.1 Å². The molecule has 0 saturated heterocycles. The van der Waals surface area contributed by atoms with Crippen molar-refractivity contribution in [2.75, 3.05) is 7.11 Å². The maximum atomic E-state index is 15.1. The number of nitrogens with two attached hydrogens (primary N) is 1. The minimum absolute atomic E-state index is 0.0582. The van der Waals surface area contributed by atoms with Gasteiger partial charge in [-0.05, 0) is 24.5 Å². The van der Waals surface area contributed by atoms with E-state index in [1.165, 1.54) is 36.8 Å². The van der Waals surface area contributed by atoms with Gasteiger partial charge in [0.25, 0.3) is 0 Å². The summed E-state index contributed by atoms with van der Waals surface area (Å²) in [4.78, 5) is 21.7. The molecule has 0 aliphatic carbocycles. The molecule has 2 atom stereocenters. The van der Waals surface area contributed by atoms with Crippen molar-refractivity contribution in [2.24, 2.45) is 16.6 Å². The molecule has 0 saturated carbocycles. The van der Waals surface area contributed by atoms with Crippen LogP contribution in [0.4, 0.5) is 4.39 Å². The monoisotopic (exact) mass is 505 g/mol. The standard InChI is InChI=1S/C20H19Cl3FN3O3S/c1-3-9-6-13(11-4-5-12(21)18(29-2)15(11)24)27-17(14(22)16(9)25)19(28)30-8-10-7-26-20(23)31-10/h4-5,7,9,16H,3,6,8,25H2,1-2H3. The lowest BCUT2D eigenvalue weighted by Gasteiger charge is -2.21. The normalized spacial score (nSPS) is 19.1. The minimum Gasteiger partial charge on any atom is -0.492 e. The van der Waals surface area contributed by atoms with Crippen LogP contribution >= 0.6 is 46.1 Å². The van der Waals surface area contributed by atoms with Crippen LogP contribution in [0.25, 0.3) is 0 Å². The van der Waals surface area contributed by atoms with Crippen LogP contribution in [0.3, 0.4) is 0 Å². The predicted molar refractivity (Wildman–Crippen MR) is 121 cm³/mol. The predicted octanol–water partition coefficient (Wildman–Crippen LogP) is 5.34. The number of carbonyl (C=O) groups is 1. The molecule has 6 nitrogen and oxygen atoms in total. The second kappa shape index (κ2) is 10.3. The first-order chi connectivity index (χ1) is 14.8. The van der Waals surface area contributed by atoms with Gasteiger partial charge >= 0.3 is 5.97 Å². The Morgan fingerprint density at radius 3 is 2.71 bits per heavy atom. The number of esters is 1. The average Bonchev–Trinajstić information content (AvgIpc) is 3.12. The number of ether oxygens (including phenoxy) is 2. The lowest BCUT2D eigenvalue weighted by molar-refractivity contribution is -0.140. The molecule has 1 aliphatic heterocycles. The summed E-state index contributed by atoms with van der Waals surface area (Å²) in [6.45, 7) is 1.87. The van der Waals surface area contributed by atoms with Gasteiger partial charge in [-0.3, -0.25) is 0 Å². The second-order valence-electron chi connectivity index (χ2n) is 6.75. The van der Waals surface area contributed by atoms with Gasteiger partial charge in [-0.2, -0.15) is 0 Å². The van der Waals surface area contributed by atoms with Crippen molar-refractivity contribution in [1.29, 1.82) is 0 Å². The van der Waals surface area contributed by atoms with E-state index in [0.717, 1.165) is 0 Å². The number of carbonyl (C=O) groups excluding carboxylic acids is 1. The fraction of sp³-hybridized carbons (Fsp3) is 0.350. The van der Waals surface area contributed by atoms with Gasteiger partial charge in [0.1, 0.15) is 6.61 Å². The molecule has 31 heavy (non-hydrogen) atoms. The minimum atomic E-state index is -0.777. The molecular formula is C20H19Cl3FN3O3S. The zero-order valence-electron chi connectivity index (χ0n) is 16.6. The van der Waals surface area contributed by atoms with Crippen LogP contribution in [0, 0.1) is 11.7 Å². The number of halogens is 4. The Morgan fingerprint density at radius 1 is 1.35 bits per heavy atom. The summed E-state index contributed by atoms with van der Waals surface area (Å²) in [7, 11) is 1.32. The van der Waals surface area contributed by atoms with E-state index < -0.39 is 17.8 Å². The lowest BCUT2D eigenvalue weighted by Crippen LogP contribution is -2.31. The fourth-order valence-electron chi connectivity index (χ4n) is 3.18. The van der Waals surface area contributed by atoms with Crippen LogP contribution in [-0.2, 0) is 16.1 Å². The Morgan fingerprint density at radius 2 is 2.10 bits per heavy atom. The molecule has 166 valence electrons. The first kappa shape index (κ1) is 23.9. The molecule has 1 aromatic heterocycles. The topological polar surface area (TPSA) is 86.8 Å². The van der Waals surface area contributed by atoms with E-state index in [4.69, 9.17) is 50.0 Å². The van der Waals surface area contributed by atoms with Crippen LogP contribution in [0.1, 0.15) is 30.2 Å². The molecule has 0 spiro atoms. The van der Waals surface area contributed by atoms with Gasteiger partial charge < -0.3 is 15.2 Å². The first-order valence-corrected chi connectivity index (χ1v) is 11.2. The lowest BCUT2D eigenvalue weighted by atomic mass is 9.89. The maximum absolute atomic E-state index is 15.1. The van der Waals surface area contributed by atoms with Crippen molar-refractivity contribution in [2.45, 2.75) is 32.4 Å². The number of thiazole rings is 1. The third kappa shape index (κ3) is 5.21. The highest BCUT2D eigenvalue weighted by atomic mass is 35.5. The molecule has 0 amide bonds. The summed E-state index contributed by atoms with van der Waals surface area (Å²) < 4.78 is 25.8. The quantitative estimate of drug-likeness (QED) is 0.535. The Hall–Kier alpha value is -1.71. The van der Waals surface area contributed by atoms with Gasteiger partial charge in [0.05, 0.1) is 27.8 Å². The van der Waals surface area contributed by atoms with Crippen molar-refractivity contribution >= 4 is 57.8 Å². The van der Waals surface area contributed by atoms with Crippen molar-refractivity contribution in [3.05, 3.63) is 54.8 Å². The number of nitrogens with zero attached hydrogens (tertiary/aromatic N) is 2. The molecule has 3 rings (SSSR count). The maximum Gasteiger partial charge on any atom is 0.358 e. The average molecular weight is 507 g/mol. The first-order valence-electron chi connectivity index (χ1n) is 9.29. The van der Waals surface area contributed by atoms with E-state index in [0.29, 0.717) is 27.9 Å². The van der Waals surface area contributed by atoms with Gasteiger partial charge in [-0.25, -0.2) is 19.2 Å². The Kier molecular flexibility index (Phi) is 7.93. The van der Waals surface area contributed by atoms with Crippen LogP contribution in [0.2, 0.25) is 9.49 Å². The molecule has 2 aromatic rings. The van der Waals surface area contributed by atoms with E-state index >= 15 is 4.39 Å². The van der Waals surface area contributed by atoms with E-state index in [2.05, 4.69) is 9.98 Å². The highest BCUT2D eigenvalue weighted by molar-refractivity contribution is 7.15. The number of rotatable bonds is 6. The molecule has 1 aliphatic rings. The largest absolute Gasteiger partial charge is 0.492 e. The van der Waals surface area contributed by atoms with Crippen LogP contribution in [-0.4, -0.2) is 29.8 Å². The molecule has 0 fully saturated rings. The number of aromatic nitrogens is 1. The smallest absolute Gasteiger partial charge is 0.358 e. The molecule has 11 heteroatoms. The molecule has 0 radical (unpaired) electrons. The molecule has 1 aromatic carbocycles. The Balaban J connectivity index is 2.00. The number of hydrogen-bond acceptors (Lipinski definition) is 7. The van der Waals surface area contributed by atoms with Gasteiger partial charge in [-0.1, -0.05) is 48.1 Å². The molecule has 2 unspecified atom stereocenters. The Bertz CT molecular complexity index is 1060. The number of methoxy groups -OCH3 is 1. The van der Waals surface area contributed by atoms with Gasteiger partial charge in [-0.15, -0.1) is 11.3 Å². The highest BCUT2D eigenvalue weighted by Crippen LogP contribution is 2.35. The zero-order valence-corrected chi connectivity index (χ0v) is 19.7. The van der Waals surface area contributed by atoms with Crippen LogP contribution in [0.5, 0.6) is 5.75 Å². The molecular weight excluding hydrogens is 488 g/mol. The molecule has 0 bridgehead atoms. The molecule has 2 N–H and O–H groups in total. The summed E-state index contributed by atoms with van der Waals surface area (Å²) in [5.41, 5.74) is 6.59. The van der Waals surface area contributed by atoms with E-state index in [1.54, 1.807) is 0 Å². The molecule has 2 heterocycles. The third-order valence-electron chi connectivity index (χ3n) is 4.88. The van der Waals surface area contributed by atoms with Crippen molar-refractivity contribution < 1.29 is 18.7 Å². The summed E-state index contributed by atoms with van der Waals surface area (Å²) in [5, 5.41) is 0.189. The fourth-order valence-corrected chi connectivity index (χ4v) is 4.60. The van der Waals surface area contributed by atoms with E-state index in [1.807, 2.05) is 6.92 Å². The van der Waals surface area contributed by atoms with Gasteiger partial charge in [0.2, 0.25) is 0 Å². The summed E-state index contributed by atoms with van der Waals surface area (Å²) >= 11 is 19.4. The van der Waals surface area contributed by atoms with Crippen molar-refractivity contribution in [3.8, 4) is 5.75 Å². The zero-order chi connectivity index (χ0) is 22.7. The summed E-state index contributed by atoms with van der Waals surface area (Å²) in [5.74, 6) is -1.73. The van der Waals surface area contributed by atoms with Crippen molar-refractivity contribution in [1.82, 2.24) is 4.98 Å². The third-order valence-corrected chi connectivity index (χ3v) is 6.70. The number of benzene rings is 1. The van der Waals surface area contributed by atoms with Gasteiger partial charge in [0.15, 0.2) is 21.7 Å². The van der Waals surface area contributed by atoms with Crippen LogP contribution < -0.4 is 10.5 Å².